The maximum atomic E-state index is 11.9. The first-order valence-corrected chi connectivity index (χ1v) is 22.6. The molecule has 1 N–H and O–H groups in total. The van der Waals surface area contributed by atoms with Crippen molar-refractivity contribution in [3.8, 4) is 0 Å². The van der Waals surface area contributed by atoms with Crippen LogP contribution in [-0.2, 0) is 87.0 Å². The van der Waals surface area contributed by atoms with Crippen molar-refractivity contribution in [2.24, 2.45) is 0 Å². The van der Waals surface area contributed by atoms with Crippen molar-refractivity contribution >= 4 is 0 Å². The summed E-state index contributed by atoms with van der Waals surface area (Å²) in [5.41, 5.74) is 5.76. The molecule has 6 aromatic carbocycles. The van der Waals surface area contributed by atoms with Crippen LogP contribution in [-0.4, -0.2) is 86.8 Å². The van der Waals surface area contributed by atoms with Crippen molar-refractivity contribution in [3.63, 3.8) is 0 Å². The molecule has 8 rings (SSSR count). The van der Waals surface area contributed by atoms with E-state index in [1.165, 1.54) is 0 Å². The van der Waals surface area contributed by atoms with Crippen LogP contribution in [0.1, 0.15) is 33.4 Å². The third-order valence-corrected chi connectivity index (χ3v) is 11.6. The molecule has 2 saturated heterocycles. The Balaban J connectivity index is 1.16. The Morgan fingerprint density at radius 2 is 0.697 bits per heavy atom. The average molecular weight is 897 g/mol. The number of rotatable bonds is 23. The Labute approximate surface area is 388 Å². The molecule has 0 aromatic heterocycles. The lowest BCUT2D eigenvalue weighted by atomic mass is 9.95. The smallest absolute Gasteiger partial charge is 0.187 e. The summed E-state index contributed by atoms with van der Waals surface area (Å²) in [6.07, 6.45) is -9.06. The van der Waals surface area contributed by atoms with Gasteiger partial charge in [0.15, 0.2) is 12.6 Å². The highest BCUT2D eigenvalue weighted by Crippen LogP contribution is 2.36. The van der Waals surface area contributed by atoms with Gasteiger partial charge in [0.2, 0.25) is 0 Å². The van der Waals surface area contributed by atoms with E-state index >= 15 is 0 Å². The Bertz CT molecular complexity index is 2220. The van der Waals surface area contributed by atoms with Gasteiger partial charge in [-0.2, -0.15) is 0 Å². The molecule has 0 amide bonds. The average Bonchev–Trinajstić information content (AvgIpc) is 3.37. The second-order valence-electron chi connectivity index (χ2n) is 16.5. The molecule has 11 heteroatoms. The van der Waals surface area contributed by atoms with Crippen LogP contribution in [0, 0.1) is 0 Å². The summed E-state index contributed by atoms with van der Waals surface area (Å²) in [5.74, 6) is 0. The van der Waals surface area contributed by atoms with Gasteiger partial charge < -0.3 is 52.5 Å². The largest absolute Gasteiger partial charge is 0.382 e. The Hall–Kier alpha value is -5.12. The predicted molar refractivity (Wildman–Crippen MR) is 247 cm³/mol. The predicted octanol–water partition coefficient (Wildman–Crippen LogP) is 8.60. The molecule has 0 saturated carbocycles. The van der Waals surface area contributed by atoms with Crippen molar-refractivity contribution in [3.05, 3.63) is 215 Å². The summed E-state index contributed by atoms with van der Waals surface area (Å²) in [5, 5.41) is 11.9. The van der Waals surface area contributed by atoms with Gasteiger partial charge >= 0.3 is 0 Å². The van der Waals surface area contributed by atoms with Gasteiger partial charge in [0.1, 0.15) is 48.8 Å². The highest BCUT2D eigenvalue weighted by Gasteiger charge is 2.54. The first-order valence-electron chi connectivity index (χ1n) is 22.6. The molecule has 2 aliphatic heterocycles. The molecule has 2 aliphatic rings. The summed E-state index contributed by atoms with van der Waals surface area (Å²) in [6.45, 7) is 1.69. The summed E-state index contributed by atoms with van der Waals surface area (Å²) >= 11 is 0. The zero-order valence-corrected chi connectivity index (χ0v) is 37.3. The molecule has 2 fully saturated rings. The maximum Gasteiger partial charge on any atom is 0.187 e. The molecular weight excluding hydrogens is 837 g/mol. The highest BCUT2D eigenvalue weighted by molar-refractivity contribution is 5.18. The van der Waals surface area contributed by atoms with Crippen molar-refractivity contribution in [2.75, 3.05) is 20.3 Å². The van der Waals surface area contributed by atoms with Crippen molar-refractivity contribution in [1.82, 2.24) is 0 Å². The minimum atomic E-state index is -1.39. The SMILES string of the molecule is COC[C@H]1O[C@@H](O[C@H]2[C@H](OCc3ccccc3)[C@@H](OCc3ccccc3)[C@@H](O)O[C@@H]2COCc2ccccc2)[C@H](OCc2ccccc2)[C@@H](OCc2ccccc2)[C@@H]1OCc1ccccc1. The van der Waals surface area contributed by atoms with Crippen LogP contribution in [0.2, 0.25) is 0 Å². The van der Waals surface area contributed by atoms with E-state index in [-0.39, 0.29) is 39.6 Å². The second kappa shape index (κ2) is 25.1. The van der Waals surface area contributed by atoms with Gasteiger partial charge in [-0.15, -0.1) is 0 Å². The topological polar surface area (TPSA) is 113 Å². The van der Waals surface area contributed by atoms with E-state index in [0.29, 0.717) is 13.2 Å². The Morgan fingerprint density at radius 1 is 0.364 bits per heavy atom. The normalized spacial score (nSPS) is 25.4. The fourth-order valence-corrected chi connectivity index (χ4v) is 8.27. The monoisotopic (exact) mass is 896 g/mol. The summed E-state index contributed by atoms with van der Waals surface area (Å²) in [6, 6.07) is 59.4. The Morgan fingerprint density at radius 3 is 1.11 bits per heavy atom. The van der Waals surface area contributed by atoms with Crippen LogP contribution >= 0.6 is 0 Å². The minimum absolute atomic E-state index is 0.0493. The van der Waals surface area contributed by atoms with Crippen LogP contribution in [0.3, 0.4) is 0 Å². The number of aliphatic hydroxyl groups excluding tert-OH is 1. The van der Waals surface area contributed by atoms with E-state index in [1.54, 1.807) is 7.11 Å². The lowest BCUT2D eigenvalue weighted by Gasteiger charge is -2.49. The first-order chi connectivity index (χ1) is 32.6. The van der Waals surface area contributed by atoms with E-state index in [9.17, 15) is 5.11 Å². The van der Waals surface area contributed by atoms with Crippen LogP contribution in [0.5, 0.6) is 0 Å². The zero-order valence-electron chi connectivity index (χ0n) is 37.3. The lowest BCUT2D eigenvalue weighted by Crippen LogP contribution is -2.66. The van der Waals surface area contributed by atoms with Gasteiger partial charge in [0, 0.05) is 7.11 Å². The molecule has 0 unspecified atom stereocenters. The fraction of sp³-hybridized carbons (Fsp3) is 0.345. The minimum Gasteiger partial charge on any atom is -0.382 e. The second-order valence-corrected chi connectivity index (χ2v) is 16.5. The third-order valence-electron chi connectivity index (χ3n) is 11.6. The standard InChI is InChI=1S/C55H60O11/c1-57-38-46-48(59-33-41-22-10-3-11-23-41)50(60-34-42-24-12-4-13-25-42)53(63-37-45-30-18-7-19-31-45)55(65-46)66-49-47(39-58-32-40-20-8-2-9-21-40)64-54(56)52(62-36-44-28-16-6-17-29-44)51(49)61-35-43-26-14-5-15-27-43/h2-31,46-56H,32-39H2,1H3/t46-,47-,48-,49-,50+,51+,52-,53-,54+,55+/m1/s1. The van der Waals surface area contributed by atoms with Crippen molar-refractivity contribution in [1.29, 1.82) is 0 Å². The molecule has 11 nitrogen and oxygen atoms in total. The number of ether oxygens (including phenoxy) is 10. The summed E-state index contributed by atoms with van der Waals surface area (Å²) in [4.78, 5) is 0. The van der Waals surface area contributed by atoms with Gasteiger partial charge in [-0.1, -0.05) is 182 Å². The van der Waals surface area contributed by atoms with Crippen LogP contribution in [0.4, 0.5) is 0 Å². The van der Waals surface area contributed by atoms with Gasteiger partial charge in [0.25, 0.3) is 0 Å². The van der Waals surface area contributed by atoms with E-state index in [4.69, 9.17) is 47.4 Å². The van der Waals surface area contributed by atoms with Gasteiger partial charge in [0.05, 0.1) is 52.9 Å². The van der Waals surface area contributed by atoms with Crippen LogP contribution in [0.25, 0.3) is 0 Å². The molecule has 0 radical (unpaired) electrons. The van der Waals surface area contributed by atoms with Crippen LogP contribution in [0.15, 0.2) is 182 Å². The number of benzene rings is 6. The molecule has 10 atom stereocenters. The molecule has 346 valence electrons. The molecule has 66 heavy (non-hydrogen) atoms. The van der Waals surface area contributed by atoms with E-state index in [0.717, 1.165) is 33.4 Å². The number of methoxy groups -OCH3 is 1. The zero-order chi connectivity index (χ0) is 45.2. The molecule has 0 bridgehead atoms. The quantitative estimate of drug-likeness (QED) is 0.0668. The van der Waals surface area contributed by atoms with Crippen LogP contribution < -0.4 is 0 Å². The van der Waals surface area contributed by atoms with E-state index < -0.39 is 61.4 Å². The highest BCUT2D eigenvalue weighted by atomic mass is 16.7. The Kier molecular flexibility index (Phi) is 18.0. The lowest BCUT2D eigenvalue weighted by molar-refractivity contribution is -0.374. The van der Waals surface area contributed by atoms with Gasteiger partial charge in [-0.3, -0.25) is 0 Å². The van der Waals surface area contributed by atoms with Crippen molar-refractivity contribution < 1.29 is 52.5 Å². The molecular formula is C55H60O11. The van der Waals surface area contributed by atoms with Crippen molar-refractivity contribution in [2.45, 2.75) is 101 Å². The summed E-state index contributed by atoms with van der Waals surface area (Å²) in [7, 11) is 1.63. The maximum absolute atomic E-state index is 11.9. The molecule has 6 aromatic rings. The number of aliphatic hydroxyl groups is 1. The van der Waals surface area contributed by atoms with E-state index in [2.05, 4.69) is 0 Å². The molecule has 0 spiro atoms. The fourth-order valence-electron chi connectivity index (χ4n) is 8.27. The molecule has 2 heterocycles. The number of hydrogen-bond donors (Lipinski definition) is 1. The van der Waals surface area contributed by atoms with Gasteiger partial charge in [-0.05, 0) is 33.4 Å². The number of hydrogen-bond acceptors (Lipinski definition) is 11. The van der Waals surface area contributed by atoms with Gasteiger partial charge in [-0.25, -0.2) is 0 Å². The van der Waals surface area contributed by atoms with E-state index in [1.807, 2.05) is 182 Å². The molecule has 0 aliphatic carbocycles. The third kappa shape index (κ3) is 13.5. The first kappa shape index (κ1) is 47.4. The summed E-state index contributed by atoms with van der Waals surface area (Å²) < 4.78 is 67.0.